The number of nitrogens with one attached hydrogen (secondary N) is 1. The average molecular weight is 222 g/mol. The highest BCUT2D eigenvalue weighted by atomic mass is 16.3. The van der Waals surface area contributed by atoms with E-state index in [2.05, 4.69) is 20.2 Å². The van der Waals surface area contributed by atoms with Gasteiger partial charge >= 0.3 is 0 Å². The summed E-state index contributed by atoms with van der Waals surface area (Å²) in [4.78, 5) is 11.0. The molecule has 0 bridgehead atoms. The molecule has 1 saturated heterocycles. The van der Waals surface area contributed by atoms with Crippen LogP contribution in [0.25, 0.3) is 0 Å². The molecule has 1 fully saturated rings. The highest BCUT2D eigenvalue weighted by Crippen LogP contribution is 2.32. The van der Waals surface area contributed by atoms with E-state index in [0.29, 0.717) is 12.6 Å². The molecular weight excluding hydrogens is 204 g/mol. The summed E-state index contributed by atoms with van der Waals surface area (Å²) in [5.41, 5.74) is 0.996. The lowest BCUT2D eigenvalue weighted by Crippen LogP contribution is -2.27. The van der Waals surface area contributed by atoms with E-state index in [1.54, 1.807) is 12.4 Å². The topological polar surface area (TPSA) is 61.3 Å². The van der Waals surface area contributed by atoms with E-state index in [1.807, 2.05) is 7.05 Å². The zero-order valence-corrected chi connectivity index (χ0v) is 9.56. The van der Waals surface area contributed by atoms with E-state index in [-0.39, 0.29) is 6.61 Å². The molecule has 0 aromatic carbocycles. The van der Waals surface area contributed by atoms with Crippen molar-refractivity contribution in [1.29, 1.82) is 0 Å². The lowest BCUT2D eigenvalue weighted by molar-refractivity contribution is 0.184. The fraction of sp³-hybridized carbons (Fsp3) is 0.636. The molecule has 2 N–H and O–H groups in total. The Bertz CT molecular complexity index is 345. The Labute approximate surface area is 95.5 Å². The number of anilines is 1. The molecular formula is C11H18N4O. The molecule has 2 heterocycles. The summed E-state index contributed by atoms with van der Waals surface area (Å²) < 4.78 is 0. The quantitative estimate of drug-likeness (QED) is 0.783. The zero-order valence-electron chi connectivity index (χ0n) is 9.56. The Hall–Kier alpha value is -1.20. The van der Waals surface area contributed by atoms with Crippen LogP contribution in [0.2, 0.25) is 0 Å². The number of nitrogens with zero attached hydrogens (tertiary/aromatic N) is 3. The predicted molar refractivity (Wildman–Crippen MR) is 62.2 cm³/mol. The van der Waals surface area contributed by atoms with Crippen molar-refractivity contribution in [1.82, 2.24) is 14.9 Å². The maximum Gasteiger partial charge on any atom is 0.149 e. The maximum absolute atomic E-state index is 9.02. The van der Waals surface area contributed by atoms with Gasteiger partial charge in [-0.05, 0) is 19.4 Å². The number of β-amino-alcohol motifs (C(OH)–C–C–N with tert-alkyl or cyclic N) is 1. The van der Waals surface area contributed by atoms with Crippen molar-refractivity contribution < 1.29 is 5.11 Å². The Morgan fingerprint density at radius 1 is 1.50 bits per heavy atom. The zero-order chi connectivity index (χ0) is 11.4. The van der Waals surface area contributed by atoms with Gasteiger partial charge in [0.2, 0.25) is 0 Å². The average Bonchev–Trinajstić information content (AvgIpc) is 2.77. The van der Waals surface area contributed by atoms with Crippen LogP contribution < -0.4 is 5.32 Å². The maximum atomic E-state index is 9.02. The summed E-state index contributed by atoms with van der Waals surface area (Å²) in [6.07, 6.45) is 5.67. The number of likely N-dealkylation sites (tertiary alicyclic amines) is 1. The Kier molecular flexibility index (Phi) is 3.69. The largest absolute Gasteiger partial charge is 0.395 e. The smallest absolute Gasteiger partial charge is 0.149 e. The van der Waals surface area contributed by atoms with E-state index in [4.69, 9.17) is 5.11 Å². The number of hydrogen-bond donors (Lipinski definition) is 2. The normalized spacial score (nSPS) is 21.2. The van der Waals surface area contributed by atoms with Gasteiger partial charge in [-0.2, -0.15) is 0 Å². The third kappa shape index (κ3) is 2.15. The van der Waals surface area contributed by atoms with Gasteiger partial charge in [0.05, 0.1) is 18.3 Å². The van der Waals surface area contributed by atoms with Gasteiger partial charge in [-0.1, -0.05) is 0 Å². The van der Waals surface area contributed by atoms with Crippen molar-refractivity contribution in [3.05, 3.63) is 18.1 Å². The van der Waals surface area contributed by atoms with Crippen LogP contribution in [0.5, 0.6) is 0 Å². The minimum atomic E-state index is 0.200. The third-order valence-electron chi connectivity index (χ3n) is 3.03. The van der Waals surface area contributed by atoms with Crippen molar-refractivity contribution in [2.45, 2.75) is 18.9 Å². The van der Waals surface area contributed by atoms with Crippen molar-refractivity contribution in [3.8, 4) is 0 Å². The second-order valence-electron chi connectivity index (χ2n) is 3.96. The van der Waals surface area contributed by atoms with Crippen molar-refractivity contribution in [2.75, 3.05) is 32.1 Å². The Morgan fingerprint density at radius 2 is 2.31 bits per heavy atom. The summed E-state index contributed by atoms with van der Waals surface area (Å²) >= 11 is 0. The molecule has 0 aliphatic carbocycles. The predicted octanol–water partition coefficient (Wildman–Crippen LogP) is 0.647. The van der Waals surface area contributed by atoms with Gasteiger partial charge in [-0.15, -0.1) is 0 Å². The monoisotopic (exact) mass is 222 g/mol. The van der Waals surface area contributed by atoms with E-state index in [9.17, 15) is 0 Å². The molecule has 5 heteroatoms. The molecule has 5 nitrogen and oxygen atoms in total. The minimum absolute atomic E-state index is 0.200. The summed E-state index contributed by atoms with van der Waals surface area (Å²) in [6, 6.07) is 0.295. The molecule has 1 aromatic rings. The van der Waals surface area contributed by atoms with Gasteiger partial charge in [0.25, 0.3) is 0 Å². The molecule has 88 valence electrons. The molecule has 0 unspecified atom stereocenters. The number of aliphatic hydroxyl groups is 1. The second kappa shape index (κ2) is 5.23. The molecule has 1 aliphatic heterocycles. The standard InChI is InChI=1S/C11H18N4O/c1-12-11-10(13-4-5-14-11)9-3-2-6-15(9)7-8-16/h4-5,9,16H,2-3,6-8H2,1H3,(H,12,14)/t9-/m1/s1. The molecule has 1 aromatic heterocycles. The van der Waals surface area contributed by atoms with Gasteiger partial charge in [-0.25, -0.2) is 4.98 Å². The van der Waals surface area contributed by atoms with Gasteiger partial charge < -0.3 is 10.4 Å². The first kappa shape index (κ1) is 11.3. The molecule has 2 rings (SSSR count). The summed E-state index contributed by atoms with van der Waals surface area (Å²) in [5, 5.41) is 12.1. The number of rotatable bonds is 4. The molecule has 1 atom stereocenters. The van der Waals surface area contributed by atoms with Crippen LogP contribution in [0.4, 0.5) is 5.82 Å². The van der Waals surface area contributed by atoms with Crippen LogP contribution >= 0.6 is 0 Å². The molecule has 0 saturated carbocycles. The fourth-order valence-electron chi connectivity index (χ4n) is 2.32. The number of aliphatic hydroxyl groups excluding tert-OH is 1. The molecule has 16 heavy (non-hydrogen) atoms. The number of hydrogen-bond acceptors (Lipinski definition) is 5. The molecule has 0 spiro atoms. The third-order valence-corrected chi connectivity index (χ3v) is 3.03. The highest BCUT2D eigenvalue weighted by Gasteiger charge is 2.28. The first-order valence-corrected chi connectivity index (χ1v) is 5.70. The molecule has 1 aliphatic rings. The van der Waals surface area contributed by atoms with Gasteiger partial charge in [0.15, 0.2) is 0 Å². The van der Waals surface area contributed by atoms with Crippen LogP contribution in [0.1, 0.15) is 24.6 Å². The highest BCUT2D eigenvalue weighted by molar-refractivity contribution is 5.40. The summed E-state index contributed by atoms with van der Waals surface area (Å²) in [6.45, 7) is 1.95. The van der Waals surface area contributed by atoms with Crippen molar-refractivity contribution >= 4 is 5.82 Å². The van der Waals surface area contributed by atoms with Crippen LogP contribution in [-0.2, 0) is 0 Å². The summed E-state index contributed by atoms with van der Waals surface area (Å²) in [7, 11) is 1.86. The van der Waals surface area contributed by atoms with Crippen molar-refractivity contribution in [3.63, 3.8) is 0 Å². The van der Waals surface area contributed by atoms with Crippen LogP contribution in [0, 0.1) is 0 Å². The first-order valence-electron chi connectivity index (χ1n) is 5.70. The fourth-order valence-corrected chi connectivity index (χ4v) is 2.32. The Morgan fingerprint density at radius 3 is 3.06 bits per heavy atom. The van der Waals surface area contributed by atoms with E-state index in [0.717, 1.165) is 30.9 Å². The second-order valence-corrected chi connectivity index (χ2v) is 3.96. The molecule has 0 radical (unpaired) electrons. The van der Waals surface area contributed by atoms with Crippen LogP contribution in [0.3, 0.4) is 0 Å². The minimum Gasteiger partial charge on any atom is -0.395 e. The van der Waals surface area contributed by atoms with Crippen LogP contribution in [0.15, 0.2) is 12.4 Å². The van der Waals surface area contributed by atoms with E-state index >= 15 is 0 Å². The lowest BCUT2D eigenvalue weighted by Gasteiger charge is -2.23. The molecule has 0 amide bonds. The van der Waals surface area contributed by atoms with Gasteiger partial charge in [-0.3, -0.25) is 9.88 Å². The van der Waals surface area contributed by atoms with Gasteiger partial charge in [0.1, 0.15) is 5.82 Å². The van der Waals surface area contributed by atoms with Gasteiger partial charge in [0, 0.05) is 26.0 Å². The van der Waals surface area contributed by atoms with Crippen molar-refractivity contribution in [2.24, 2.45) is 0 Å². The lowest BCUT2D eigenvalue weighted by atomic mass is 10.1. The first-order chi connectivity index (χ1) is 7.86. The van der Waals surface area contributed by atoms with Crippen LogP contribution in [-0.4, -0.2) is 46.7 Å². The number of aromatic nitrogens is 2. The SMILES string of the molecule is CNc1nccnc1[C@H]1CCCN1CCO. The van der Waals surface area contributed by atoms with E-state index < -0.39 is 0 Å². The summed E-state index contributed by atoms with van der Waals surface area (Å²) in [5.74, 6) is 0.845. The van der Waals surface area contributed by atoms with E-state index in [1.165, 1.54) is 0 Å². The Balaban J connectivity index is 2.21.